The predicted molar refractivity (Wildman–Crippen MR) is 102 cm³/mol. The van der Waals surface area contributed by atoms with Gasteiger partial charge >= 0.3 is 0 Å². The maximum Gasteiger partial charge on any atom is 0.156 e. The standard InChI is InChI=1S/C17H13Cl5O2/c18-13-4-2-1-3-11(13)5-7-24-17-14(19)9-12(10-15(17)20)23-8-6-16(21)22/h1-4,6,9-10H,5,7-8H2. The van der Waals surface area contributed by atoms with Crippen LogP contribution in [-0.2, 0) is 6.42 Å². The topological polar surface area (TPSA) is 18.5 Å². The van der Waals surface area contributed by atoms with E-state index in [1.165, 1.54) is 6.08 Å². The van der Waals surface area contributed by atoms with E-state index in [1.54, 1.807) is 12.1 Å². The molecular weight excluding hydrogens is 413 g/mol. The van der Waals surface area contributed by atoms with Crippen LogP contribution < -0.4 is 9.47 Å². The number of benzene rings is 2. The Morgan fingerprint density at radius 2 is 1.58 bits per heavy atom. The van der Waals surface area contributed by atoms with E-state index in [0.29, 0.717) is 39.6 Å². The van der Waals surface area contributed by atoms with E-state index in [-0.39, 0.29) is 11.1 Å². The van der Waals surface area contributed by atoms with E-state index < -0.39 is 0 Å². The average Bonchev–Trinajstić information content (AvgIpc) is 2.51. The molecule has 0 N–H and O–H groups in total. The molecule has 2 aromatic rings. The Balaban J connectivity index is 1.98. The molecule has 0 aliphatic carbocycles. The first-order valence-electron chi connectivity index (χ1n) is 6.96. The van der Waals surface area contributed by atoms with Crippen LogP contribution in [0.5, 0.6) is 11.5 Å². The molecule has 0 bridgehead atoms. The summed E-state index contributed by atoms with van der Waals surface area (Å²) in [5, 5.41) is 1.42. The van der Waals surface area contributed by atoms with Gasteiger partial charge in [0.2, 0.25) is 0 Å². The minimum absolute atomic E-state index is 0.131. The zero-order chi connectivity index (χ0) is 17.5. The van der Waals surface area contributed by atoms with Crippen molar-refractivity contribution >= 4 is 58.0 Å². The summed E-state index contributed by atoms with van der Waals surface area (Å²) >= 11 is 29.6. The fraction of sp³-hybridized carbons (Fsp3) is 0.176. The molecule has 24 heavy (non-hydrogen) atoms. The molecule has 128 valence electrons. The molecule has 0 saturated heterocycles. The minimum atomic E-state index is 0.131. The maximum absolute atomic E-state index is 6.21. The molecule has 0 amide bonds. The van der Waals surface area contributed by atoms with Crippen LogP contribution in [0.2, 0.25) is 15.1 Å². The molecule has 7 heteroatoms. The van der Waals surface area contributed by atoms with Crippen molar-refractivity contribution in [1.29, 1.82) is 0 Å². The molecule has 0 aromatic heterocycles. The molecule has 2 aromatic carbocycles. The second kappa shape index (κ2) is 9.65. The lowest BCUT2D eigenvalue weighted by molar-refractivity contribution is 0.320. The van der Waals surface area contributed by atoms with E-state index in [0.717, 1.165) is 5.56 Å². The van der Waals surface area contributed by atoms with Gasteiger partial charge in [-0.2, -0.15) is 0 Å². The molecule has 0 spiro atoms. The first-order valence-corrected chi connectivity index (χ1v) is 8.85. The predicted octanol–water partition coefficient (Wildman–Crippen LogP) is 6.97. The number of hydrogen-bond donors (Lipinski definition) is 0. The molecule has 0 atom stereocenters. The lowest BCUT2D eigenvalue weighted by Gasteiger charge is -2.12. The summed E-state index contributed by atoms with van der Waals surface area (Å²) in [4.78, 5) is 0. The fourth-order valence-electron chi connectivity index (χ4n) is 1.92. The number of ether oxygens (including phenoxy) is 2. The Hall–Kier alpha value is -0.770. The first-order chi connectivity index (χ1) is 11.5. The van der Waals surface area contributed by atoms with Crippen molar-refractivity contribution < 1.29 is 9.47 Å². The zero-order valence-corrected chi connectivity index (χ0v) is 16.1. The summed E-state index contributed by atoms with van der Waals surface area (Å²) in [5.41, 5.74) is 0.996. The Morgan fingerprint density at radius 1 is 0.917 bits per heavy atom. The smallest absolute Gasteiger partial charge is 0.156 e. The van der Waals surface area contributed by atoms with Crippen LogP contribution in [0.1, 0.15) is 5.56 Å². The lowest BCUT2D eigenvalue weighted by atomic mass is 10.2. The van der Waals surface area contributed by atoms with Crippen LogP contribution >= 0.6 is 58.0 Å². The van der Waals surface area contributed by atoms with Crippen LogP contribution in [0, 0.1) is 0 Å². The van der Waals surface area contributed by atoms with Gasteiger partial charge in [-0.3, -0.25) is 0 Å². The molecule has 0 fully saturated rings. The van der Waals surface area contributed by atoms with E-state index in [2.05, 4.69) is 0 Å². The lowest BCUT2D eigenvalue weighted by Crippen LogP contribution is -2.03. The highest BCUT2D eigenvalue weighted by atomic mass is 35.5. The second-order valence-corrected chi connectivity index (χ2v) is 6.94. The molecule has 0 radical (unpaired) electrons. The number of hydrogen-bond acceptors (Lipinski definition) is 2. The van der Waals surface area contributed by atoms with Gasteiger partial charge in [-0.1, -0.05) is 76.2 Å². The summed E-state index contributed by atoms with van der Waals surface area (Å²) in [6.07, 6.45) is 2.16. The molecule has 0 unspecified atom stereocenters. The van der Waals surface area contributed by atoms with Gasteiger partial charge in [-0.25, -0.2) is 0 Å². The minimum Gasteiger partial charge on any atom is -0.490 e. The van der Waals surface area contributed by atoms with Crippen LogP contribution in [0.3, 0.4) is 0 Å². The Morgan fingerprint density at radius 3 is 2.21 bits per heavy atom. The van der Waals surface area contributed by atoms with Crippen LogP contribution in [0.4, 0.5) is 0 Å². The van der Waals surface area contributed by atoms with E-state index in [9.17, 15) is 0 Å². The van der Waals surface area contributed by atoms with Crippen LogP contribution in [0.25, 0.3) is 0 Å². The zero-order valence-electron chi connectivity index (χ0n) is 12.4. The summed E-state index contributed by atoms with van der Waals surface area (Å²) in [7, 11) is 0. The molecule has 0 aliphatic heterocycles. The molecule has 2 nitrogen and oxygen atoms in total. The molecule has 0 heterocycles. The van der Waals surface area contributed by atoms with Gasteiger partial charge in [0.1, 0.15) is 16.8 Å². The molecular formula is C17H13Cl5O2. The average molecular weight is 427 g/mol. The van der Waals surface area contributed by atoms with Gasteiger partial charge in [0.25, 0.3) is 0 Å². The van der Waals surface area contributed by atoms with Gasteiger partial charge in [0.05, 0.1) is 16.7 Å². The van der Waals surface area contributed by atoms with Gasteiger partial charge < -0.3 is 9.47 Å². The normalized spacial score (nSPS) is 10.4. The number of rotatable bonds is 7. The van der Waals surface area contributed by atoms with Gasteiger partial charge in [0, 0.05) is 23.6 Å². The second-order valence-electron chi connectivity index (χ2n) is 4.71. The molecule has 2 rings (SSSR count). The highest BCUT2D eigenvalue weighted by Gasteiger charge is 2.11. The maximum atomic E-state index is 6.21. The van der Waals surface area contributed by atoms with E-state index in [1.807, 2.05) is 24.3 Å². The van der Waals surface area contributed by atoms with Crippen molar-refractivity contribution in [2.45, 2.75) is 6.42 Å². The largest absolute Gasteiger partial charge is 0.490 e. The van der Waals surface area contributed by atoms with Crippen LogP contribution in [-0.4, -0.2) is 13.2 Å². The van der Waals surface area contributed by atoms with E-state index in [4.69, 9.17) is 67.5 Å². The first kappa shape index (κ1) is 19.6. The van der Waals surface area contributed by atoms with Crippen molar-refractivity contribution in [2.24, 2.45) is 0 Å². The van der Waals surface area contributed by atoms with Crippen molar-refractivity contribution in [3.8, 4) is 11.5 Å². The van der Waals surface area contributed by atoms with Crippen LogP contribution in [0.15, 0.2) is 47.0 Å². The molecule has 0 saturated carbocycles. The third-order valence-electron chi connectivity index (χ3n) is 3.04. The summed E-state index contributed by atoms with van der Waals surface area (Å²) in [6.45, 7) is 0.607. The van der Waals surface area contributed by atoms with Gasteiger partial charge in [0.15, 0.2) is 5.75 Å². The van der Waals surface area contributed by atoms with Crippen molar-refractivity contribution in [3.63, 3.8) is 0 Å². The van der Waals surface area contributed by atoms with E-state index >= 15 is 0 Å². The Kier molecular flexibility index (Phi) is 7.86. The number of halogens is 5. The van der Waals surface area contributed by atoms with Gasteiger partial charge in [-0.15, -0.1) is 0 Å². The van der Waals surface area contributed by atoms with Crippen molar-refractivity contribution in [3.05, 3.63) is 67.6 Å². The van der Waals surface area contributed by atoms with Gasteiger partial charge in [-0.05, 0) is 17.7 Å². The van der Waals surface area contributed by atoms with Crippen molar-refractivity contribution in [1.82, 2.24) is 0 Å². The third-order valence-corrected chi connectivity index (χ3v) is 4.27. The summed E-state index contributed by atoms with van der Waals surface area (Å²) < 4.78 is 11.3. The highest BCUT2D eigenvalue weighted by Crippen LogP contribution is 2.37. The highest BCUT2D eigenvalue weighted by molar-refractivity contribution is 6.55. The molecule has 0 aliphatic rings. The van der Waals surface area contributed by atoms with Crippen molar-refractivity contribution in [2.75, 3.05) is 13.2 Å². The Labute approximate surface area is 165 Å². The SMILES string of the molecule is ClC(Cl)=CCOc1cc(Cl)c(OCCc2ccccc2Cl)c(Cl)c1. The third kappa shape index (κ3) is 5.94. The summed E-state index contributed by atoms with van der Waals surface area (Å²) in [5.74, 6) is 0.901. The fourth-order valence-corrected chi connectivity index (χ4v) is 2.86. The summed E-state index contributed by atoms with van der Waals surface area (Å²) in [6, 6.07) is 10.8. The monoisotopic (exact) mass is 424 g/mol. The Bertz CT molecular complexity index is 704. The quantitative estimate of drug-likeness (QED) is 0.476.